The van der Waals surface area contributed by atoms with Crippen molar-refractivity contribution in [2.45, 2.75) is 44.9 Å². The average molecular weight is 491 g/mol. The Morgan fingerprint density at radius 3 is 2.40 bits per heavy atom. The molecule has 0 aliphatic carbocycles. The Bertz CT molecular complexity index is 1050. The molecular weight excluding hydrogens is 457 g/mol. The number of hydrogen-bond donors (Lipinski definition) is 1. The molecule has 0 spiro atoms. The number of carbonyl (C=O) groups excluding carboxylic acids is 1. The van der Waals surface area contributed by atoms with Gasteiger partial charge >= 0.3 is 0 Å². The molecule has 2 aromatic carbocycles. The minimum absolute atomic E-state index is 0.0932. The normalized spacial score (nSPS) is 19.8. The number of likely N-dealkylation sites (tertiary alicyclic amines) is 2. The van der Waals surface area contributed by atoms with Crippen LogP contribution in [0, 0.1) is 17.6 Å². The molecule has 2 heterocycles. The number of β-amino-alcohol motifs (C(OH)–C–C–N with tert-alkyl or cyclic N) is 1. The van der Waals surface area contributed by atoms with Gasteiger partial charge in [-0.1, -0.05) is 6.07 Å². The summed E-state index contributed by atoms with van der Waals surface area (Å²) < 4.78 is 49.2. The van der Waals surface area contributed by atoms with Crippen LogP contribution in [0.25, 0.3) is 11.1 Å². The van der Waals surface area contributed by atoms with Gasteiger partial charge in [-0.05, 0) is 81.9 Å². The summed E-state index contributed by atoms with van der Waals surface area (Å²) in [5.74, 6) is -1.01. The van der Waals surface area contributed by atoms with E-state index >= 15 is 0 Å². The van der Waals surface area contributed by atoms with Gasteiger partial charge in [0.25, 0.3) is 5.91 Å². The summed E-state index contributed by atoms with van der Waals surface area (Å²) >= 11 is 0. The summed E-state index contributed by atoms with van der Waals surface area (Å²) in [6, 6.07) is 8.53. The maximum absolute atomic E-state index is 14.8. The molecule has 1 unspecified atom stereocenters. The molecule has 2 aliphatic heterocycles. The lowest BCUT2D eigenvalue weighted by molar-refractivity contribution is 0.0760. The van der Waals surface area contributed by atoms with Crippen LogP contribution in [0.2, 0.25) is 0 Å². The Labute approximate surface area is 204 Å². The van der Waals surface area contributed by atoms with Gasteiger partial charge in [-0.15, -0.1) is 0 Å². The maximum Gasteiger partial charge on any atom is 0.256 e. The van der Waals surface area contributed by atoms with Crippen LogP contribution in [0.1, 0.15) is 43.5 Å². The van der Waals surface area contributed by atoms with E-state index in [9.17, 15) is 23.1 Å². The zero-order valence-electron chi connectivity index (χ0n) is 20.3. The van der Waals surface area contributed by atoms with Crippen molar-refractivity contribution in [2.24, 2.45) is 5.92 Å². The highest BCUT2D eigenvalue weighted by Gasteiger charge is 2.28. The number of rotatable bonds is 7. The monoisotopic (exact) mass is 490 g/mol. The largest absolute Gasteiger partial charge is 0.493 e. The Balaban J connectivity index is 1.34. The molecule has 0 radical (unpaired) electrons. The van der Waals surface area contributed by atoms with Gasteiger partial charge in [-0.25, -0.2) is 13.2 Å². The smallest absolute Gasteiger partial charge is 0.256 e. The number of ether oxygens (including phenoxy) is 1. The lowest BCUT2D eigenvalue weighted by atomic mass is 9.97. The van der Waals surface area contributed by atoms with E-state index in [0.717, 1.165) is 32.0 Å². The predicted octanol–water partition coefficient (Wildman–Crippen LogP) is 4.68. The van der Waals surface area contributed by atoms with Crippen LogP contribution in [0.5, 0.6) is 5.75 Å². The summed E-state index contributed by atoms with van der Waals surface area (Å²) in [7, 11) is 0. The van der Waals surface area contributed by atoms with Gasteiger partial charge in [0.15, 0.2) is 0 Å². The van der Waals surface area contributed by atoms with Crippen LogP contribution in [-0.2, 0) is 0 Å². The molecule has 0 bridgehead atoms. The number of nitrogens with zero attached hydrogens (tertiary/aromatic N) is 2. The SMILES string of the molecule is CC(C)(F)CN1CCC(COc2ccc(-c3ccc(C(=O)N4CCC(O)C4)c(F)c3)c(F)c2)CC1. The van der Waals surface area contributed by atoms with E-state index in [2.05, 4.69) is 4.90 Å². The van der Waals surface area contributed by atoms with Crippen LogP contribution in [0.4, 0.5) is 13.2 Å². The van der Waals surface area contributed by atoms with Crippen LogP contribution in [-0.4, -0.2) is 71.9 Å². The van der Waals surface area contributed by atoms with Crippen molar-refractivity contribution >= 4 is 5.91 Å². The molecule has 1 N–H and O–H groups in total. The second-order valence-electron chi connectivity index (χ2n) is 10.3. The van der Waals surface area contributed by atoms with Crippen molar-refractivity contribution < 1.29 is 27.8 Å². The Morgan fingerprint density at radius 2 is 1.80 bits per heavy atom. The molecule has 2 saturated heterocycles. The van der Waals surface area contributed by atoms with E-state index in [1.807, 2.05) is 0 Å². The van der Waals surface area contributed by atoms with E-state index in [4.69, 9.17) is 4.74 Å². The van der Waals surface area contributed by atoms with Gasteiger partial charge in [0, 0.05) is 31.3 Å². The van der Waals surface area contributed by atoms with E-state index < -0.39 is 29.3 Å². The molecule has 0 saturated carbocycles. The first-order chi connectivity index (χ1) is 16.6. The zero-order valence-corrected chi connectivity index (χ0v) is 20.3. The van der Waals surface area contributed by atoms with Crippen molar-refractivity contribution in [1.29, 1.82) is 0 Å². The highest BCUT2D eigenvalue weighted by molar-refractivity contribution is 5.95. The van der Waals surface area contributed by atoms with Crippen molar-refractivity contribution in [1.82, 2.24) is 9.80 Å². The lowest BCUT2D eigenvalue weighted by Gasteiger charge is -2.34. The first kappa shape index (κ1) is 25.5. The molecule has 1 atom stereocenters. The number of hydrogen-bond acceptors (Lipinski definition) is 4. The fraction of sp³-hybridized carbons (Fsp3) is 0.519. The number of carbonyl (C=O) groups is 1. The van der Waals surface area contributed by atoms with Gasteiger partial charge in [-0.2, -0.15) is 0 Å². The van der Waals surface area contributed by atoms with Gasteiger partial charge in [0.05, 0.1) is 18.3 Å². The molecule has 190 valence electrons. The number of aliphatic hydroxyl groups excluding tert-OH is 1. The minimum atomic E-state index is -1.21. The van der Waals surface area contributed by atoms with Crippen molar-refractivity contribution in [3.8, 4) is 16.9 Å². The Hall–Kier alpha value is -2.58. The fourth-order valence-corrected chi connectivity index (χ4v) is 4.83. The number of piperidine rings is 1. The molecule has 2 aliphatic rings. The number of benzene rings is 2. The van der Waals surface area contributed by atoms with Gasteiger partial charge in [0.1, 0.15) is 23.1 Å². The summed E-state index contributed by atoms with van der Waals surface area (Å²) in [5.41, 5.74) is -0.759. The first-order valence-corrected chi connectivity index (χ1v) is 12.2. The van der Waals surface area contributed by atoms with Crippen molar-refractivity contribution in [3.63, 3.8) is 0 Å². The Morgan fingerprint density at radius 1 is 1.06 bits per heavy atom. The topological polar surface area (TPSA) is 53.0 Å². The standard InChI is InChI=1S/C27H33F3N2O3/c1-27(2,30)17-31-10-7-18(8-11-31)16-35-21-4-6-22(25(29)14-21)19-3-5-23(24(28)13-19)26(34)32-12-9-20(33)15-32/h3-6,13-14,18,20,33H,7-12,15-17H2,1-2H3. The Kier molecular flexibility index (Phi) is 7.71. The maximum atomic E-state index is 14.8. The molecule has 2 aromatic rings. The third-order valence-electron chi connectivity index (χ3n) is 6.69. The zero-order chi connectivity index (χ0) is 25.2. The lowest BCUT2D eigenvalue weighted by Crippen LogP contribution is -2.41. The van der Waals surface area contributed by atoms with E-state index in [1.54, 1.807) is 26.0 Å². The van der Waals surface area contributed by atoms with E-state index in [-0.39, 0.29) is 17.7 Å². The third kappa shape index (κ3) is 6.55. The quantitative estimate of drug-likeness (QED) is 0.613. The van der Waals surface area contributed by atoms with Crippen LogP contribution < -0.4 is 4.74 Å². The van der Waals surface area contributed by atoms with Crippen LogP contribution in [0.3, 0.4) is 0 Å². The molecule has 8 heteroatoms. The van der Waals surface area contributed by atoms with Crippen molar-refractivity contribution in [3.05, 3.63) is 53.6 Å². The van der Waals surface area contributed by atoms with E-state index in [1.165, 1.54) is 23.1 Å². The van der Waals surface area contributed by atoms with Gasteiger partial charge in [0.2, 0.25) is 0 Å². The number of aliphatic hydroxyl groups is 1. The number of amides is 1. The van der Waals surface area contributed by atoms with E-state index in [0.29, 0.717) is 43.3 Å². The summed E-state index contributed by atoms with van der Waals surface area (Å²) in [5, 5.41) is 9.62. The van der Waals surface area contributed by atoms with Crippen LogP contribution >= 0.6 is 0 Å². The van der Waals surface area contributed by atoms with Crippen LogP contribution in [0.15, 0.2) is 36.4 Å². The molecule has 4 rings (SSSR count). The van der Waals surface area contributed by atoms with Gasteiger partial charge < -0.3 is 19.6 Å². The van der Waals surface area contributed by atoms with Crippen molar-refractivity contribution in [2.75, 3.05) is 39.3 Å². The predicted molar refractivity (Wildman–Crippen MR) is 128 cm³/mol. The molecule has 0 aromatic heterocycles. The third-order valence-corrected chi connectivity index (χ3v) is 6.69. The average Bonchev–Trinajstić information content (AvgIpc) is 3.23. The first-order valence-electron chi connectivity index (χ1n) is 12.2. The molecule has 35 heavy (non-hydrogen) atoms. The second kappa shape index (κ2) is 10.6. The second-order valence-corrected chi connectivity index (χ2v) is 10.3. The highest BCUT2D eigenvalue weighted by Crippen LogP contribution is 2.29. The highest BCUT2D eigenvalue weighted by atomic mass is 19.1. The van der Waals surface area contributed by atoms with Gasteiger partial charge in [-0.3, -0.25) is 4.79 Å². The number of alkyl halides is 1. The number of halogens is 3. The minimum Gasteiger partial charge on any atom is -0.493 e. The molecule has 2 fully saturated rings. The fourth-order valence-electron chi connectivity index (χ4n) is 4.83. The molecule has 5 nitrogen and oxygen atoms in total. The molecular formula is C27H33F3N2O3. The summed E-state index contributed by atoms with van der Waals surface area (Å²) in [4.78, 5) is 16.1. The summed E-state index contributed by atoms with van der Waals surface area (Å²) in [6.45, 7) is 6.25. The summed E-state index contributed by atoms with van der Waals surface area (Å²) in [6.07, 6.45) is 1.69. The molecule has 1 amide bonds.